The van der Waals surface area contributed by atoms with Crippen LogP contribution in [0, 0.1) is 0 Å². The van der Waals surface area contributed by atoms with Crippen LogP contribution in [0.2, 0.25) is 0 Å². The fourth-order valence-corrected chi connectivity index (χ4v) is 1.34. The maximum atomic E-state index is 5.24. The van der Waals surface area contributed by atoms with Crippen molar-refractivity contribution in [2.45, 2.75) is 25.3 Å². The van der Waals surface area contributed by atoms with Crippen LogP contribution < -0.4 is 5.32 Å². The summed E-state index contributed by atoms with van der Waals surface area (Å²) in [6.45, 7) is 2.34. The molecule has 3 nitrogen and oxygen atoms in total. The summed E-state index contributed by atoms with van der Waals surface area (Å²) in [5.74, 6) is 0. The Balaban J connectivity index is 1.96. The Kier molecular flexibility index (Phi) is 4.50. The van der Waals surface area contributed by atoms with Gasteiger partial charge in [0.2, 0.25) is 0 Å². The van der Waals surface area contributed by atoms with E-state index in [0.29, 0.717) is 12.8 Å². The second-order valence-electron chi connectivity index (χ2n) is 2.92. The second kappa shape index (κ2) is 5.52. The van der Waals surface area contributed by atoms with Crippen molar-refractivity contribution >= 4 is 0 Å². The first kappa shape index (κ1) is 8.97. The van der Waals surface area contributed by atoms with Gasteiger partial charge in [0.15, 0.2) is 0 Å². The number of rotatable bonds is 4. The van der Waals surface area contributed by atoms with E-state index in [1.807, 2.05) is 0 Å². The molecule has 1 rings (SSSR count). The summed E-state index contributed by atoms with van der Waals surface area (Å²) in [7, 11) is 1.65. The van der Waals surface area contributed by atoms with Gasteiger partial charge in [-0.2, -0.15) is 0 Å². The van der Waals surface area contributed by atoms with E-state index >= 15 is 0 Å². The number of methoxy groups -OCH3 is 1. The average Bonchev–Trinajstić information content (AvgIpc) is 2.07. The molecule has 11 heavy (non-hydrogen) atoms. The van der Waals surface area contributed by atoms with E-state index in [0.717, 1.165) is 13.2 Å². The van der Waals surface area contributed by atoms with Crippen molar-refractivity contribution < 1.29 is 9.47 Å². The lowest BCUT2D eigenvalue weighted by molar-refractivity contribution is -0.0398. The summed E-state index contributed by atoms with van der Waals surface area (Å²) < 4.78 is 10.0. The van der Waals surface area contributed by atoms with Crippen molar-refractivity contribution in [3.63, 3.8) is 0 Å². The van der Waals surface area contributed by atoms with Gasteiger partial charge in [-0.15, -0.1) is 0 Å². The van der Waals surface area contributed by atoms with E-state index in [2.05, 4.69) is 5.32 Å². The van der Waals surface area contributed by atoms with Crippen molar-refractivity contribution in [2.24, 2.45) is 0 Å². The van der Waals surface area contributed by atoms with Gasteiger partial charge in [0.05, 0.1) is 6.61 Å². The van der Waals surface area contributed by atoms with Crippen molar-refractivity contribution in [1.29, 1.82) is 0 Å². The Morgan fingerprint density at radius 1 is 1.45 bits per heavy atom. The standard InChI is InChI=1S/C8H17NO2/c1-10-7-11-6-8-4-2-3-5-9-8/h8-9H,2-7H2,1H3. The highest BCUT2D eigenvalue weighted by Crippen LogP contribution is 2.06. The highest BCUT2D eigenvalue weighted by Gasteiger charge is 2.11. The minimum Gasteiger partial charge on any atom is -0.359 e. The van der Waals surface area contributed by atoms with Crippen LogP contribution in [0.5, 0.6) is 0 Å². The van der Waals surface area contributed by atoms with Gasteiger partial charge in [0, 0.05) is 13.2 Å². The summed E-state index contributed by atoms with van der Waals surface area (Å²) in [4.78, 5) is 0. The van der Waals surface area contributed by atoms with E-state index < -0.39 is 0 Å². The molecule has 0 saturated carbocycles. The predicted molar refractivity (Wildman–Crippen MR) is 43.5 cm³/mol. The van der Waals surface area contributed by atoms with Crippen LogP contribution in [-0.4, -0.2) is 33.1 Å². The number of hydrogen-bond acceptors (Lipinski definition) is 3. The summed E-state index contributed by atoms with van der Waals surface area (Å²) in [6.07, 6.45) is 3.87. The lowest BCUT2D eigenvalue weighted by atomic mass is 10.1. The van der Waals surface area contributed by atoms with Crippen molar-refractivity contribution in [3.8, 4) is 0 Å². The molecule has 1 unspecified atom stereocenters. The first-order valence-corrected chi connectivity index (χ1v) is 4.23. The summed E-state index contributed by atoms with van der Waals surface area (Å²) in [5.41, 5.74) is 0. The van der Waals surface area contributed by atoms with Crippen LogP contribution >= 0.6 is 0 Å². The Hall–Kier alpha value is -0.120. The molecule has 66 valence electrons. The van der Waals surface area contributed by atoms with Crippen LogP contribution in [0.1, 0.15) is 19.3 Å². The Labute approximate surface area is 68.1 Å². The van der Waals surface area contributed by atoms with E-state index in [9.17, 15) is 0 Å². The molecule has 0 spiro atoms. The highest BCUT2D eigenvalue weighted by molar-refractivity contribution is 4.70. The van der Waals surface area contributed by atoms with Gasteiger partial charge in [-0.3, -0.25) is 0 Å². The molecule has 0 aromatic rings. The van der Waals surface area contributed by atoms with E-state index in [1.165, 1.54) is 19.3 Å². The zero-order valence-corrected chi connectivity index (χ0v) is 7.14. The number of ether oxygens (including phenoxy) is 2. The van der Waals surface area contributed by atoms with Crippen LogP contribution in [0.25, 0.3) is 0 Å². The number of piperidine rings is 1. The zero-order chi connectivity index (χ0) is 7.94. The largest absolute Gasteiger partial charge is 0.359 e. The minimum atomic E-state index is 0.415. The average molecular weight is 159 g/mol. The molecule has 0 amide bonds. The third-order valence-electron chi connectivity index (χ3n) is 1.93. The van der Waals surface area contributed by atoms with Gasteiger partial charge in [-0.05, 0) is 19.4 Å². The maximum Gasteiger partial charge on any atom is 0.146 e. The van der Waals surface area contributed by atoms with Crippen LogP contribution in [-0.2, 0) is 9.47 Å². The third-order valence-corrected chi connectivity index (χ3v) is 1.93. The molecule has 1 heterocycles. The van der Waals surface area contributed by atoms with Gasteiger partial charge >= 0.3 is 0 Å². The van der Waals surface area contributed by atoms with Crippen molar-refractivity contribution in [2.75, 3.05) is 27.1 Å². The number of hydrogen-bond donors (Lipinski definition) is 1. The Morgan fingerprint density at radius 2 is 2.36 bits per heavy atom. The fraction of sp³-hybridized carbons (Fsp3) is 1.00. The summed E-state index contributed by atoms with van der Waals surface area (Å²) in [6, 6.07) is 0.555. The summed E-state index contributed by atoms with van der Waals surface area (Å²) in [5, 5.41) is 3.40. The van der Waals surface area contributed by atoms with Gasteiger partial charge in [-0.1, -0.05) is 6.42 Å². The molecule has 1 atom stereocenters. The quantitative estimate of drug-likeness (QED) is 0.485. The topological polar surface area (TPSA) is 30.5 Å². The number of nitrogens with one attached hydrogen (secondary N) is 1. The molecule has 0 aromatic carbocycles. The van der Waals surface area contributed by atoms with Crippen molar-refractivity contribution in [1.82, 2.24) is 5.32 Å². The minimum absolute atomic E-state index is 0.415. The molecule has 1 saturated heterocycles. The summed E-state index contributed by atoms with van der Waals surface area (Å²) >= 11 is 0. The van der Waals surface area contributed by atoms with Gasteiger partial charge in [0.1, 0.15) is 6.79 Å². The SMILES string of the molecule is COCOCC1CCCCN1. The molecule has 1 N–H and O–H groups in total. The van der Waals surface area contributed by atoms with Gasteiger partial charge in [-0.25, -0.2) is 0 Å². The van der Waals surface area contributed by atoms with Gasteiger partial charge in [0.25, 0.3) is 0 Å². The predicted octanol–water partition coefficient (Wildman–Crippen LogP) is 0.749. The first-order valence-electron chi connectivity index (χ1n) is 4.23. The molecule has 3 heteroatoms. The molecule has 1 aliphatic rings. The van der Waals surface area contributed by atoms with Crippen LogP contribution in [0.4, 0.5) is 0 Å². The lowest BCUT2D eigenvalue weighted by Crippen LogP contribution is -2.37. The van der Waals surface area contributed by atoms with E-state index in [1.54, 1.807) is 7.11 Å². The fourth-order valence-electron chi connectivity index (χ4n) is 1.34. The third kappa shape index (κ3) is 3.70. The highest BCUT2D eigenvalue weighted by atomic mass is 16.7. The molecule has 1 fully saturated rings. The van der Waals surface area contributed by atoms with Crippen molar-refractivity contribution in [3.05, 3.63) is 0 Å². The zero-order valence-electron chi connectivity index (χ0n) is 7.14. The second-order valence-corrected chi connectivity index (χ2v) is 2.92. The molecule has 0 radical (unpaired) electrons. The first-order chi connectivity index (χ1) is 5.43. The lowest BCUT2D eigenvalue weighted by Gasteiger charge is -2.22. The van der Waals surface area contributed by atoms with Crippen LogP contribution in [0.3, 0.4) is 0 Å². The molecule has 0 bridgehead atoms. The normalized spacial score (nSPS) is 25.4. The molecule has 0 aromatic heterocycles. The molecular formula is C8H17NO2. The Bertz CT molecular complexity index is 92.1. The van der Waals surface area contributed by atoms with Crippen LogP contribution in [0.15, 0.2) is 0 Å². The monoisotopic (exact) mass is 159 g/mol. The van der Waals surface area contributed by atoms with E-state index in [-0.39, 0.29) is 0 Å². The molecule has 0 aliphatic carbocycles. The maximum absolute atomic E-state index is 5.24. The Morgan fingerprint density at radius 3 is 3.00 bits per heavy atom. The smallest absolute Gasteiger partial charge is 0.146 e. The molecule has 1 aliphatic heterocycles. The molecular weight excluding hydrogens is 142 g/mol. The van der Waals surface area contributed by atoms with Gasteiger partial charge < -0.3 is 14.8 Å². The van der Waals surface area contributed by atoms with E-state index in [4.69, 9.17) is 9.47 Å².